The number of para-hydroxylation sites is 1. The number of halogens is 2. The first-order valence-corrected chi connectivity index (χ1v) is 11.3. The van der Waals surface area contributed by atoms with E-state index in [1.807, 2.05) is 0 Å². The number of carbonyl (C=O) groups excluding carboxylic acids is 2. The molecule has 0 heterocycles. The van der Waals surface area contributed by atoms with Crippen molar-refractivity contribution in [2.24, 2.45) is 0 Å². The van der Waals surface area contributed by atoms with Crippen molar-refractivity contribution >= 4 is 64.1 Å². The number of aromatic carboxylic acids is 1. The van der Waals surface area contributed by atoms with Crippen LogP contribution in [0.15, 0.2) is 66.7 Å². The second-order valence-electron chi connectivity index (χ2n) is 6.62. The molecule has 0 aliphatic carbocycles. The van der Waals surface area contributed by atoms with Gasteiger partial charge >= 0.3 is 5.97 Å². The minimum absolute atomic E-state index is 0.117. The van der Waals surface area contributed by atoms with Crippen molar-refractivity contribution in [3.8, 4) is 0 Å². The summed E-state index contributed by atoms with van der Waals surface area (Å²) >= 11 is 13.7. The van der Waals surface area contributed by atoms with Crippen LogP contribution in [0.3, 0.4) is 0 Å². The molecule has 0 aliphatic heterocycles. The fourth-order valence-electron chi connectivity index (χ4n) is 2.79. The van der Waals surface area contributed by atoms with Gasteiger partial charge in [0.1, 0.15) is 0 Å². The zero-order valence-electron chi connectivity index (χ0n) is 16.6. The lowest BCUT2D eigenvalue weighted by molar-refractivity contribution is -0.113. The third-order valence-electron chi connectivity index (χ3n) is 4.38. The number of benzene rings is 3. The Morgan fingerprint density at radius 3 is 2.16 bits per heavy atom. The van der Waals surface area contributed by atoms with Gasteiger partial charge in [0, 0.05) is 21.5 Å². The van der Waals surface area contributed by atoms with Crippen molar-refractivity contribution in [2.75, 3.05) is 16.4 Å². The second-order valence-corrected chi connectivity index (χ2v) is 8.42. The third-order valence-corrected chi connectivity index (χ3v) is 6.04. The van der Waals surface area contributed by atoms with Gasteiger partial charge in [0.2, 0.25) is 5.91 Å². The number of anilines is 2. The fourth-order valence-corrected chi connectivity index (χ4v) is 4.35. The van der Waals surface area contributed by atoms with Gasteiger partial charge < -0.3 is 15.7 Å². The molecule has 3 N–H and O–H groups in total. The van der Waals surface area contributed by atoms with Crippen LogP contribution < -0.4 is 10.6 Å². The molecule has 9 heteroatoms. The second kappa shape index (κ2) is 11.0. The van der Waals surface area contributed by atoms with E-state index in [1.165, 1.54) is 36.0 Å². The molecule has 2 amide bonds. The quantitative estimate of drug-likeness (QED) is 0.371. The monoisotopic (exact) mass is 488 g/mol. The van der Waals surface area contributed by atoms with E-state index in [1.54, 1.807) is 42.5 Å². The molecule has 0 aliphatic rings. The van der Waals surface area contributed by atoms with E-state index in [2.05, 4.69) is 10.6 Å². The number of thioether (sulfide) groups is 1. The number of hydrogen-bond acceptors (Lipinski definition) is 4. The highest BCUT2D eigenvalue weighted by Gasteiger charge is 2.14. The highest BCUT2D eigenvalue weighted by Crippen LogP contribution is 2.28. The summed E-state index contributed by atoms with van der Waals surface area (Å²) in [5.74, 6) is -1.14. The summed E-state index contributed by atoms with van der Waals surface area (Å²) in [6.45, 7) is 0. The molecule has 3 aromatic carbocycles. The lowest BCUT2D eigenvalue weighted by atomic mass is 10.1. The molecule has 0 atom stereocenters. The molecule has 0 bridgehead atoms. The predicted molar refractivity (Wildman–Crippen MR) is 129 cm³/mol. The zero-order valence-corrected chi connectivity index (χ0v) is 18.9. The van der Waals surface area contributed by atoms with E-state index in [0.29, 0.717) is 27.2 Å². The Balaban J connectivity index is 1.61. The molecular weight excluding hydrogens is 471 g/mol. The van der Waals surface area contributed by atoms with Gasteiger partial charge in [-0.15, -0.1) is 11.8 Å². The van der Waals surface area contributed by atoms with Crippen LogP contribution in [0.2, 0.25) is 10.0 Å². The van der Waals surface area contributed by atoms with Crippen LogP contribution in [0.4, 0.5) is 11.4 Å². The topological polar surface area (TPSA) is 95.5 Å². The van der Waals surface area contributed by atoms with Gasteiger partial charge in [-0.05, 0) is 54.1 Å². The molecule has 0 fully saturated rings. The third kappa shape index (κ3) is 6.26. The number of hydrogen-bond donors (Lipinski definition) is 3. The summed E-state index contributed by atoms with van der Waals surface area (Å²) in [7, 11) is 0. The Labute approximate surface area is 198 Å². The lowest BCUT2D eigenvalue weighted by Gasteiger charge is -2.12. The molecule has 32 heavy (non-hydrogen) atoms. The number of carboxylic acids is 1. The van der Waals surface area contributed by atoms with Gasteiger partial charge in [0.15, 0.2) is 0 Å². The average Bonchev–Trinajstić information content (AvgIpc) is 2.76. The van der Waals surface area contributed by atoms with E-state index in [4.69, 9.17) is 28.3 Å². The molecule has 0 spiro atoms. The van der Waals surface area contributed by atoms with E-state index in [0.717, 1.165) is 5.56 Å². The average molecular weight is 489 g/mol. The largest absolute Gasteiger partial charge is 0.478 e. The van der Waals surface area contributed by atoms with Crippen LogP contribution >= 0.6 is 35.0 Å². The van der Waals surface area contributed by atoms with E-state index in [9.17, 15) is 14.4 Å². The van der Waals surface area contributed by atoms with Gasteiger partial charge in [-0.1, -0.05) is 41.4 Å². The van der Waals surface area contributed by atoms with Crippen LogP contribution in [-0.4, -0.2) is 28.6 Å². The van der Waals surface area contributed by atoms with Gasteiger partial charge in [-0.2, -0.15) is 0 Å². The Bertz CT molecular complexity index is 1130. The summed E-state index contributed by atoms with van der Waals surface area (Å²) in [6.07, 6.45) is 0. The molecule has 0 saturated heterocycles. The van der Waals surface area contributed by atoms with Gasteiger partial charge in [0.05, 0.1) is 22.6 Å². The van der Waals surface area contributed by atoms with Crippen LogP contribution in [0, 0.1) is 0 Å². The first kappa shape index (κ1) is 23.7. The maximum absolute atomic E-state index is 12.7. The summed E-state index contributed by atoms with van der Waals surface area (Å²) in [5.41, 5.74) is 1.97. The summed E-state index contributed by atoms with van der Waals surface area (Å²) in [6, 6.07) is 17.7. The Kier molecular flexibility index (Phi) is 8.16. The maximum atomic E-state index is 12.7. The predicted octanol–water partition coefficient (Wildman–Crippen LogP) is 5.82. The van der Waals surface area contributed by atoms with Crippen LogP contribution in [0.1, 0.15) is 26.3 Å². The summed E-state index contributed by atoms with van der Waals surface area (Å²) in [4.78, 5) is 36.1. The molecular formula is C23H18Cl2N2O4S. The molecule has 164 valence electrons. The SMILES string of the molecule is O=C(CSCc1c(Cl)cccc1Cl)Nc1ccccc1C(=O)Nc1ccc(C(=O)O)cc1. The molecule has 6 nitrogen and oxygen atoms in total. The standard InChI is InChI=1S/C23H18Cl2N2O4S/c24-18-5-3-6-19(25)17(18)12-32-13-21(28)27-20-7-2-1-4-16(20)22(29)26-15-10-8-14(9-11-15)23(30)31/h1-11H,12-13H2,(H,26,29)(H,27,28)(H,30,31). The molecule has 0 radical (unpaired) electrons. The van der Waals surface area contributed by atoms with Crippen LogP contribution in [0.25, 0.3) is 0 Å². The minimum Gasteiger partial charge on any atom is -0.478 e. The number of rotatable bonds is 8. The normalized spacial score (nSPS) is 10.4. The van der Waals surface area contributed by atoms with Gasteiger partial charge in [-0.3, -0.25) is 9.59 Å². The summed E-state index contributed by atoms with van der Waals surface area (Å²) < 4.78 is 0. The Morgan fingerprint density at radius 1 is 0.844 bits per heavy atom. The number of amides is 2. The van der Waals surface area contributed by atoms with Gasteiger partial charge in [0.25, 0.3) is 5.91 Å². The van der Waals surface area contributed by atoms with Crippen LogP contribution in [0.5, 0.6) is 0 Å². The molecule has 3 aromatic rings. The number of carbonyl (C=O) groups is 3. The van der Waals surface area contributed by atoms with Crippen molar-refractivity contribution in [2.45, 2.75) is 5.75 Å². The molecule has 0 unspecified atom stereocenters. The molecule has 3 rings (SSSR count). The van der Waals surface area contributed by atoms with Crippen molar-refractivity contribution in [3.05, 3.63) is 93.5 Å². The van der Waals surface area contributed by atoms with E-state index in [-0.39, 0.29) is 22.8 Å². The highest BCUT2D eigenvalue weighted by atomic mass is 35.5. The minimum atomic E-state index is -1.05. The highest BCUT2D eigenvalue weighted by molar-refractivity contribution is 7.99. The molecule has 0 saturated carbocycles. The van der Waals surface area contributed by atoms with Gasteiger partial charge in [-0.25, -0.2) is 4.79 Å². The number of carboxylic acid groups (broad SMARTS) is 1. The smallest absolute Gasteiger partial charge is 0.335 e. The first-order chi connectivity index (χ1) is 15.3. The Morgan fingerprint density at radius 2 is 1.50 bits per heavy atom. The lowest BCUT2D eigenvalue weighted by Crippen LogP contribution is -2.19. The zero-order chi connectivity index (χ0) is 23.1. The number of nitrogens with one attached hydrogen (secondary N) is 2. The van der Waals surface area contributed by atoms with Crippen molar-refractivity contribution in [1.82, 2.24) is 0 Å². The Hall–Kier alpha value is -3.00. The van der Waals surface area contributed by atoms with E-state index < -0.39 is 11.9 Å². The van der Waals surface area contributed by atoms with Crippen molar-refractivity contribution in [1.29, 1.82) is 0 Å². The first-order valence-electron chi connectivity index (χ1n) is 9.39. The van der Waals surface area contributed by atoms with Crippen molar-refractivity contribution < 1.29 is 19.5 Å². The van der Waals surface area contributed by atoms with E-state index >= 15 is 0 Å². The summed E-state index contributed by atoms with van der Waals surface area (Å²) in [5, 5.41) is 15.5. The molecule has 0 aromatic heterocycles. The maximum Gasteiger partial charge on any atom is 0.335 e. The fraction of sp³-hybridized carbons (Fsp3) is 0.0870. The van der Waals surface area contributed by atoms with Crippen LogP contribution in [-0.2, 0) is 10.5 Å². The van der Waals surface area contributed by atoms with Crippen molar-refractivity contribution in [3.63, 3.8) is 0 Å².